The highest BCUT2D eigenvalue weighted by atomic mass is 16.1. The fourth-order valence-corrected chi connectivity index (χ4v) is 3.39. The van der Waals surface area contributed by atoms with Crippen LogP contribution in [0.1, 0.15) is 71.0 Å². The number of Topliss-reactive ketones (excluding diaryl/α,β-unsaturated/α-hetero) is 1. The van der Waals surface area contributed by atoms with Gasteiger partial charge in [-0.1, -0.05) is 33.6 Å². The molecule has 20 heavy (non-hydrogen) atoms. The summed E-state index contributed by atoms with van der Waals surface area (Å²) < 4.78 is 2.03. The molecule has 1 aromatic rings. The minimum atomic E-state index is 0.275. The van der Waals surface area contributed by atoms with E-state index in [9.17, 15) is 4.79 Å². The van der Waals surface area contributed by atoms with Crippen LogP contribution in [-0.2, 0) is 11.2 Å². The van der Waals surface area contributed by atoms with Crippen molar-refractivity contribution in [3.63, 3.8) is 0 Å². The van der Waals surface area contributed by atoms with E-state index in [1.807, 2.05) is 16.9 Å². The summed E-state index contributed by atoms with van der Waals surface area (Å²) in [4.78, 5) is 12.4. The van der Waals surface area contributed by atoms with Crippen molar-refractivity contribution in [3.8, 4) is 0 Å². The molecule has 2 atom stereocenters. The van der Waals surface area contributed by atoms with Gasteiger partial charge >= 0.3 is 0 Å². The van der Waals surface area contributed by atoms with E-state index in [4.69, 9.17) is 0 Å². The number of nitrogens with zero attached hydrogens (tertiary/aromatic N) is 2. The Bertz CT molecular complexity index is 434. The van der Waals surface area contributed by atoms with E-state index in [-0.39, 0.29) is 5.92 Å². The molecule has 2 rings (SSSR count). The minimum absolute atomic E-state index is 0.275. The van der Waals surface area contributed by atoms with Crippen molar-refractivity contribution in [1.82, 2.24) is 9.78 Å². The number of hydrogen-bond donors (Lipinski definition) is 0. The molecule has 1 aliphatic carbocycles. The summed E-state index contributed by atoms with van der Waals surface area (Å²) in [7, 11) is 0. The first-order valence-corrected chi connectivity index (χ1v) is 8.20. The van der Waals surface area contributed by atoms with E-state index in [0.29, 0.717) is 24.2 Å². The standard InChI is InChI=1S/C17H28N2O/c1-4-16(5-2)19-10-9-15(18-19)12-17(20)14-8-6-7-13(3)11-14/h9-10,13-14,16H,4-8,11-12H2,1-3H3. The van der Waals surface area contributed by atoms with E-state index >= 15 is 0 Å². The Hall–Kier alpha value is -1.12. The smallest absolute Gasteiger partial charge is 0.141 e. The third-order valence-corrected chi connectivity index (χ3v) is 4.73. The van der Waals surface area contributed by atoms with Crippen molar-refractivity contribution in [1.29, 1.82) is 0 Å². The largest absolute Gasteiger partial charge is 0.299 e. The number of rotatable bonds is 6. The number of hydrogen-bond acceptors (Lipinski definition) is 2. The Morgan fingerprint density at radius 1 is 1.40 bits per heavy atom. The first-order valence-electron chi connectivity index (χ1n) is 8.20. The molecular formula is C17H28N2O. The third-order valence-electron chi connectivity index (χ3n) is 4.73. The van der Waals surface area contributed by atoms with Crippen molar-refractivity contribution in [3.05, 3.63) is 18.0 Å². The van der Waals surface area contributed by atoms with Crippen LogP contribution in [0.5, 0.6) is 0 Å². The molecule has 0 amide bonds. The van der Waals surface area contributed by atoms with Gasteiger partial charge in [0.05, 0.1) is 18.2 Å². The van der Waals surface area contributed by atoms with Crippen LogP contribution in [-0.4, -0.2) is 15.6 Å². The zero-order valence-electron chi connectivity index (χ0n) is 13.1. The lowest BCUT2D eigenvalue weighted by atomic mass is 9.79. The molecule has 1 fully saturated rings. The Kier molecular flexibility index (Phi) is 5.38. The van der Waals surface area contributed by atoms with Gasteiger partial charge in [-0.2, -0.15) is 5.10 Å². The highest BCUT2D eigenvalue weighted by molar-refractivity contribution is 5.82. The zero-order chi connectivity index (χ0) is 14.5. The van der Waals surface area contributed by atoms with Crippen LogP contribution in [0, 0.1) is 11.8 Å². The van der Waals surface area contributed by atoms with E-state index in [2.05, 4.69) is 25.9 Å². The van der Waals surface area contributed by atoms with E-state index < -0.39 is 0 Å². The van der Waals surface area contributed by atoms with E-state index in [1.165, 1.54) is 12.8 Å². The molecule has 1 heterocycles. The lowest BCUT2D eigenvalue weighted by Crippen LogP contribution is -2.23. The fourth-order valence-electron chi connectivity index (χ4n) is 3.39. The van der Waals surface area contributed by atoms with Crippen LogP contribution in [0.2, 0.25) is 0 Å². The van der Waals surface area contributed by atoms with E-state index in [0.717, 1.165) is 31.4 Å². The first kappa shape index (κ1) is 15.3. The summed E-state index contributed by atoms with van der Waals surface area (Å²) in [6.45, 7) is 6.63. The third kappa shape index (κ3) is 3.71. The highest BCUT2D eigenvalue weighted by Gasteiger charge is 2.25. The minimum Gasteiger partial charge on any atom is -0.299 e. The fraction of sp³-hybridized carbons (Fsp3) is 0.765. The summed E-state index contributed by atoms with van der Waals surface area (Å²) in [6, 6.07) is 2.48. The summed E-state index contributed by atoms with van der Waals surface area (Å²) in [6.07, 6.45) is 9.38. The maximum atomic E-state index is 12.4. The Morgan fingerprint density at radius 2 is 2.15 bits per heavy atom. The molecule has 0 spiro atoms. The summed E-state index contributed by atoms with van der Waals surface area (Å²) in [5.74, 6) is 1.38. The molecule has 112 valence electrons. The second-order valence-electron chi connectivity index (χ2n) is 6.37. The van der Waals surface area contributed by atoms with Gasteiger partial charge < -0.3 is 0 Å². The number of aromatic nitrogens is 2. The van der Waals surface area contributed by atoms with Gasteiger partial charge in [0, 0.05) is 12.1 Å². The molecule has 0 N–H and O–H groups in total. The van der Waals surface area contributed by atoms with Gasteiger partial charge in [0.2, 0.25) is 0 Å². The predicted octanol–water partition coefficient (Wildman–Crippen LogP) is 4.18. The molecule has 1 aromatic heterocycles. The van der Waals surface area contributed by atoms with Crippen LogP contribution < -0.4 is 0 Å². The van der Waals surface area contributed by atoms with Gasteiger partial charge in [-0.3, -0.25) is 9.48 Å². The number of carbonyl (C=O) groups excluding carboxylic acids is 1. The van der Waals surface area contributed by atoms with Gasteiger partial charge in [-0.05, 0) is 37.7 Å². The quantitative estimate of drug-likeness (QED) is 0.781. The first-order chi connectivity index (χ1) is 9.63. The van der Waals surface area contributed by atoms with Gasteiger partial charge in [-0.15, -0.1) is 0 Å². The molecule has 3 nitrogen and oxygen atoms in total. The highest BCUT2D eigenvalue weighted by Crippen LogP contribution is 2.29. The van der Waals surface area contributed by atoms with Crippen LogP contribution in [0.4, 0.5) is 0 Å². The molecule has 2 unspecified atom stereocenters. The van der Waals surface area contributed by atoms with Crippen LogP contribution in [0.3, 0.4) is 0 Å². The SMILES string of the molecule is CCC(CC)n1ccc(CC(=O)C2CCCC(C)C2)n1. The van der Waals surface area contributed by atoms with Crippen LogP contribution in [0.25, 0.3) is 0 Å². The Balaban J connectivity index is 1.94. The van der Waals surface area contributed by atoms with Crippen molar-refractivity contribution in [2.75, 3.05) is 0 Å². The maximum absolute atomic E-state index is 12.4. The zero-order valence-corrected chi connectivity index (χ0v) is 13.1. The topological polar surface area (TPSA) is 34.9 Å². The van der Waals surface area contributed by atoms with Crippen molar-refractivity contribution >= 4 is 5.78 Å². The molecule has 0 aromatic carbocycles. The number of carbonyl (C=O) groups is 1. The van der Waals surface area contributed by atoms with Crippen LogP contribution in [0.15, 0.2) is 12.3 Å². The molecule has 0 aliphatic heterocycles. The average molecular weight is 276 g/mol. The summed E-state index contributed by atoms with van der Waals surface area (Å²) in [5.41, 5.74) is 0.945. The predicted molar refractivity (Wildman–Crippen MR) is 81.7 cm³/mol. The maximum Gasteiger partial charge on any atom is 0.141 e. The van der Waals surface area contributed by atoms with Crippen molar-refractivity contribution < 1.29 is 4.79 Å². The van der Waals surface area contributed by atoms with Gasteiger partial charge in [-0.25, -0.2) is 0 Å². The lowest BCUT2D eigenvalue weighted by molar-refractivity contribution is -0.123. The Morgan fingerprint density at radius 3 is 2.80 bits per heavy atom. The van der Waals surface area contributed by atoms with Gasteiger partial charge in [0.1, 0.15) is 5.78 Å². The molecule has 0 bridgehead atoms. The second-order valence-corrected chi connectivity index (χ2v) is 6.37. The molecular weight excluding hydrogens is 248 g/mol. The molecule has 1 saturated carbocycles. The van der Waals surface area contributed by atoms with Gasteiger partial charge in [0.15, 0.2) is 0 Å². The summed E-state index contributed by atoms with van der Waals surface area (Å²) >= 11 is 0. The second kappa shape index (κ2) is 7.05. The molecule has 1 aliphatic rings. The number of ketones is 1. The monoisotopic (exact) mass is 276 g/mol. The van der Waals surface area contributed by atoms with Crippen molar-refractivity contribution in [2.45, 2.75) is 71.8 Å². The molecule has 0 saturated heterocycles. The summed E-state index contributed by atoms with van der Waals surface area (Å²) in [5, 5.41) is 4.60. The lowest BCUT2D eigenvalue weighted by Gasteiger charge is -2.25. The average Bonchev–Trinajstić information content (AvgIpc) is 2.88. The van der Waals surface area contributed by atoms with E-state index in [1.54, 1.807) is 0 Å². The van der Waals surface area contributed by atoms with Crippen LogP contribution >= 0.6 is 0 Å². The molecule has 0 radical (unpaired) electrons. The van der Waals surface area contributed by atoms with Gasteiger partial charge in [0.25, 0.3) is 0 Å². The van der Waals surface area contributed by atoms with Crippen molar-refractivity contribution in [2.24, 2.45) is 11.8 Å². The normalized spacial score (nSPS) is 23.2. The Labute approximate surface area is 122 Å². The molecule has 3 heteroatoms.